The van der Waals surface area contributed by atoms with E-state index in [1.807, 2.05) is 47.1 Å². The molecule has 3 heterocycles. The standard InChI is InChI=1S/C23H15N3O3/c27-19-13-21(29-20-6-2-1-5-17(19)20)23(28)24-16-10-8-15(9-11-16)18-14-26-12-4-3-7-22(26)25-18/h1-14H,(H,24,28). The van der Waals surface area contributed by atoms with E-state index in [1.54, 1.807) is 36.4 Å². The summed E-state index contributed by atoms with van der Waals surface area (Å²) in [5.74, 6) is -0.508. The van der Waals surface area contributed by atoms with Gasteiger partial charge in [-0.25, -0.2) is 4.98 Å². The van der Waals surface area contributed by atoms with Crippen molar-refractivity contribution >= 4 is 28.2 Å². The van der Waals surface area contributed by atoms with Crippen molar-refractivity contribution in [1.82, 2.24) is 9.38 Å². The first kappa shape index (κ1) is 16.9. The SMILES string of the molecule is O=C(Nc1ccc(-c2cn3ccccc3n2)cc1)c1cc(=O)c2ccccc2o1. The Balaban J connectivity index is 1.39. The molecule has 1 N–H and O–H groups in total. The van der Waals surface area contributed by atoms with Gasteiger partial charge in [0.05, 0.1) is 11.1 Å². The maximum Gasteiger partial charge on any atom is 0.291 e. The zero-order chi connectivity index (χ0) is 19.8. The van der Waals surface area contributed by atoms with Gasteiger partial charge in [-0.1, -0.05) is 30.3 Å². The van der Waals surface area contributed by atoms with E-state index in [9.17, 15) is 9.59 Å². The van der Waals surface area contributed by atoms with Crippen LogP contribution in [0.2, 0.25) is 0 Å². The first-order valence-corrected chi connectivity index (χ1v) is 9.06. The molecule has 0 aliphatic heterocycles. The Morgan fingerprint density at radius 2 is 1.76 bits per heavy atom. The predicted octanol–water partition coefficient (Wildman–Crippen LogP) is 4.36. The molecule has 1 amide bonds. The van der Waals surface area contributed by atoms with Gasteiger partial charge in [0, 0.05) is 29.7 Å². The highest BCUT2D eigenvalue weighted by atomic mass is 16.3. The number of amides is 1. The molecule has 0 saturated heterocycles. The van der Waals surface area contributed by atoms with Crippen molar-refractivity contribution in [1.29, 1.82) is 0 Å². The van der Waals surface area contributed by atoms with E-state index in [2.05, 4.69) is 10.3 Å². The molecule has 6 nitrogen and oxygen atoms in total. The van der Waals surface area contributed by atoms with Gasteiger partial charge < -0.3 is 14.1 Å². The normalized spacial score (nSPS) is 11.0. The van der Waals surface area contributed by atoms with Gasteiger partial charge >= 0.3 is 0 Å². The van der Waals surface area contributed by atoms with E-state index in [4.69, 9.17) is 4.42 Å². The van der Waals surface area contributed by atoms with Crippen LogP contribution < -0.4 is 10.7 Å². The quantitative estimate of drug-likeness (QED) is 0.504. The van der Waals surface area contributed by atoms with Crippen molar-refractivity contribution in [2.24, 2.45) is 0 Å². The molecule has 5 aromatic rings. The number of pyridine rings is 1. The van der Waals surface area contributed by atoms with E-state index in [-0.39, 0.29) is 11.2 Å². The zero-order valence-corrected chi connectivity index (χ0v) is 15.2. The number of hydrogen-bond donors (Lipinski definition) is 1. The fourth-order valence-corrected chi connectivity index (χ4v) is 3.21. The molecule has 2 aromatic carbocycles. The number of carbonyl (C=O) groups excluding carboxylic acids is 1. The van der Waals surface area contributed by atoms with Crippen molar-refractivity contribution in [3.8, 4) is 11.3 Å². The van der Waals surface area contributed by atoms with Crippen LogP contribution in [0.3, 0.4) is 0 Å². The average Bonchev–Trinajstić information content (AvgIpc) is 3.18. The lowest BCUT2D eigenvalue weighted by Gasteiger charge is -2.06. The molecule has 0 aliphatic carbocycles. The fourth-order valence-electron chi connectivity index (χ4n) is 3.21. The Morgan fingerprint density at radius 3 is 2.59 bits per heavy atom. The van der Waals surface area contributed by atoms with Gasteiger partial charge in [-0.3, -0.25) is 9.59 Å². The maximum atomic E-state index is 12.5. The van der Waals surface area contributed by atoms with Crippen LogP contribution in [-0.2, 0) is 0 Å². The summed E-state index contributed by atoms with van der Waals surface area (Å²) in [6.07, 6.45) is 3.89. The first-order chi connectivity index (χ1) is 14.2. The van der Waals surface area contributed by atoms with Gasteiger partial charge in [-0.15, -0.1) is 0 Å². The molecule has 0 atom stereocenters. The Hall–Kier alpha value is -4.19. The van der Waals surface area contributed by atoms with Crippen LogP contribution in [0.15, 0.2) is 94.4 Å². The first-order valence-electron chi connectivity index (χ1n) is 9.06. The van der Waals surface area contributed by atoms with E-state index in [1.165, 1.54) is 6.07 Å². The third kappa shape index (κ3) is 3.17. The average molecular weight is 381 g/mol. The van der Waals surface area contributed by atoms with E-state index in [0.717, 1.165) is 16.9 Å². The van der Waals surface area contributed by atoms with Crippen molar-refractivity contribution in [3.63, 3.8) is 0 Å². The lowest BCUT2D eigenvalue weighted by Crippen LogP contribution is -2.14. The topological polar surface area (TPSA) is 76.6 Å². The highest BCUT2D eigenvalue weighted by Crippen LogP contribution is 2.22. The van der Waals surface area contributed by atoms with E-state index in [0.29, 0.717) is 16.7 Å². The second-order valence-corrected chi connectivity index (χ2v) is 6.59. The number of hydrogen-bond acceptors (Lipinski definition) is 4. The minimum atomic E-state index is -0.478. The Morgan fingerprint density at radius 1 is 0.966 bits per heavy atom. The third-order valence-corrected chi connectivity index (χ3v) is 4.66. The molecule has 3 aromatic heterocycles. The summed E-state index contributed by atoms with van der Waals surface area (Å²) in [5.41, 5.74) is 3.37. The molecule has 0 radical (unpaired) electrons. The summed E-state index contributed by atoms with van der Waals surface area (Å²) in [7, 11) is 0. The minimum absolute atomic E-state index is 0.0295. The number of benzene rings is 2. The number of para-hydroxylation sites is 1. The van der Waals surface area contributed by atoms with Crippen LogP contribution >= 0.6 is 0 Å². The molecule has 0 saturated carbocycles. The lowest BCUT2D eigenvalue weighted by molar-refractivity contribution is 0.0997. The van der Waals surface area contributed by atoms with Crippen LogP contribution in [0.1, 0.15) is 10.6 Å². The second-order valence-electron chi connectivity index (χ2n) is 6.59. The predicted molar refractivity (Wildman–Crippen MR) is 111 cm³/mol. The van der Waals surface area contributed by atoms with Crippen molar-refractivity contribution in [3.05, 3.63) is 101 Å². The summed E-state index contributed by atoms with van der Waals surface area (Å²) < 4.78 is 7.53. The van der Waals surface area contributed by atoms with E-state index >= 15 is 0 Å². The summed E-state index contributed by atoms with van der Waals surface area (Å²) in [5, 5.41) is 3.20. The summed E-state index contributed by atoms with van der Waals surface area (Å²) in [6, 6.07) is 21.2. The number of fused-ring (bicyclic) bond motifs is 2. The van der Waals surface area contributed by atoms with Gasteiger partial charge in [0.2, 0.25) is 0 Å². The van der Waals surface area contributed by atoms with Gasteiger partial charge in [-0.2, -0.15) is 0 Å². The Labute approximate surface area is 165 Å². The van der Waals surface area contributed by atoms with Gasteiger partial charge in [0.15, 0.2) is 11.2 Å². The van der Waals surface area contributed by atoms with Crippen molar-refractivity contribution in [2.45, 2.75) is 0 Å². The molecular formula is C23H15N3O3. The molecule has 0 fully saturated rings. The zero-order valence-electron chi connectivity index (χ0n) is 15.2. The number of aromatic nitrogens is 2. The minimum Gasteiger partial charge on any atom is -0.451 e. The van der Waals surface area contributed by atoms with Crippen LogP contribution in [0.5, 0.6) is 0 Å². The number of anilines is 1. The van der Waals surface area contributed by atoms with Gasteiger partial charge in [0.25, 0.3) is 5.91 Å². The molecule has 0 bridgehead atoms. The lowest BCUT2D eigenvalue weighted by atomic mass is 10.1. The molecule has 0 unspecified atom stereocenters. The molecule has 140 valence electrons. The molecular weight excluding hydrogens is 366 g/mol. The maximum absolute atomic E-state index is 12.5. The summed E-state index contributed by atoms with van der Waals surface area (Å²) in [4.78, 5) is 29.3. The number of nitrogens with zero attached hydrogens (tertiary/aromatic N) is 2. The monoisotopic (exact) mass is 381 g/mol. The largest absolute Gasteiger partial charge is 0.451 e. The molecule has 6 heteroatoms. The number of imidazole rings is 1. The van der Waals surface area contributed by atoms with E-state index < -0.39 is 5.91 Å². The highest BCUT2D eigenvalue weighted by Gasteiger charge is 2.13. The van der Waals surface area contributed by atoms with Gasteiger partial charge in [-0.05, 0) is 36.4 Å². The van der Waals surface area contributed by atoms with Crippen LogP contribution in [0.4, 0.5) is 5.69 Å². The number of rotatable bonds is 3. The number of nitrogens with one attached hydrogen (secondary N) is 1. The van der Waals surface area contributed by atoms with Crippen LogP contribution in [0.25, 0.3) is 27.9 Å². The Bertz CT molecular complexity index is 1380. The van der Waals surface area contributed by atoms with Crippen LogP contribution in [-0.4, -0.2) is 15.3 Å². The smallest absolute Gasteiger partial charge is 0.291 e. The summed E-state index contributed by atoms with van der Waals surface area (Å²) in [6.45, 7) is 0. The van der Waals surface area contributed by atoms with Crippen molar-refractivity contribution < 1.29 is 9.21 Å². The molecule has 29 heavy (non-hydrogen) atoms. The molecule has 0 aliphatic rings. The number of carbonyl (C=O) groups is 1. The van der Waals surface area contributed by atoms with Gasteiger partial charge in [0.1, 0.15) is 11.2 Å². The summed E-state index contributed by atoms with van der Waals surface area (Å²) >= 11 is 0. The van der Waals surface area contributed by atoms with Crippen molar-refractivity contribution in [2.75, 3.05) is 5.32 Å². The highest BCUT2D eigenvalue weighted by molar-refractivity contribution is 6.03. The third-order valence-electron chi connectivity index (χ3n) is 4.66. The fraction of sp³-hybridized carbons (Fsp3) is 0. The Kier molecular flexibility index (Phi) is 3.95. The molecule has 5 rings (SSSR count). The molecule has 0 spiro atoms. The second kappa shape index (κ2) is 6.76. The van der Waals surface area contributed by atoms with Crippen LogP contribution in [0, 0.1) is 0 Å².